The zero-order valence-electron chi connectivity index (χ0n) is 19.5. The van der Waals surface area contributed by atoms with Crippen molar-refractivity contribution in [3.63, 3.8) is 0 Å². The van der Waals surface area contributed by atoms with Crippen LogP contribution in [0, 0.1) is 5.82 Å². The Morgan fingerprint density at radius 3 is 2.35 bits per heavy atom. The number of rotatable bonds is 8. The smallest absolute Gasteiger partial charge is 0.411 e. The van der Waals surface area contributed by atoms with Gasteiger partial charge in [0.25, 0.3) is 0 Å². The van der Waals surface area contributed by atoms with Gasteiger partial charge in [0.1, 0.15) is 6.10 Å². The maximum absolute atomic E-state index is 14.3. The highest BCUT2D eigenvalue weighted by Crippen LogP contribution is 2.26. The first-order valence-electron chi connectivity index (χ1n) is 10.8. The number of aliphatic hydroxyl groups excluding tert-OH is 1. The second-order valence-corrected chi connectivity index (χ2v) is 6.25. The van der Waals surface area contributed by atoms with Crippen LogP contribution in [-0.4, -0.2) is 62.1 Å². The fourth-order valence-corrected chi connectivity index (χ4v) is 2.58. The number of nitrogens with one attached hydrogen (secondary N) is 2. The van der Waals surface area contributed by atoms with Gasteiger partial charge in [0.05, 0.1) is 5.69 Å². The summed E-state index contributed by atoms with van der Waals surface area (Å²) in [6.07, 6.45) is 2.65. The average molecular weight is 446 g/mol. The van der Waals surface area contributed by atoms with E-state index in [-0.39, 0.29) is 24.1 Å². The molecule has 0 spiro atoms. The normalized spacial score (nSPS) is 12.5. The van der Waals surface area contributed by atoms with Crippen LogP contribution < -0.4 is 20.3 Å². The van der Waals surface area contributed by atoms with Crippen molar-refractivity contribution < 1.29 is 28.9 Å². The first-order valence-corrected chi connectivity index (χ1v) is 10.8. The quantitative estimate of drug-likeness (QED) is 0.359. The van der Waals surface area contributed by atoms with Crippen molar-refractivity contribution in [2.24, 2.45) is 0 Å². The van der Waals surface area contributed by atoms with E-state index in [4.69, 9.17) is 9.84 Å². The van der Waals surface area contributed by atoms with Crippen LogP contribution in [0.15, 0.2) is 18.2 Å². The van der Waals surface area contributed by atoms with Crippen molar-refractivity contribution >= 4 is 18.2 Å². The molecule has 0 saturated carbocycles. The highest BCUT2D eigenvalue weighted by Gasteiger charge is 2.19. The third kappa shape index (κ3) is 13.5. The molecule has 1 saturated heterocycles. The van der Waals surface area contributed by atoms with Gasteiger partial charge in [-0.25, -0.2) is 9.18 Å². The van der Waals surface area contributed by atoms with Crippen molar-refractivity contribution in [3.8, 4) is 5.75 Å². The van der Waals surface area contributed by atoms with E-state index in [2.05, 4.69) is 24.5 Å². The van der Waals surface area contributed by atoms with E-state index in [1.54, 1.807) is 0 Å². The van der Waals surface area contributed by atoms with Gasteiger partial charge >= 0.3 is 6.09 Å². The Hall–Kier alpha value is -2.39. The number of carbonyl (C=O) groups is 2. The summed E-state index contributed by atoms with van der Waals surface area (Å²) in [7, 11) is 1.00. The van der Waals surface area contributed by atoms with E-state index >= 15 is 0 Å². The summed E-state index contributed by atoms with van der Waals surface area (Å²) in [5, 5.41) is 21.9. The maximum Gasteiger partial charge on any atom is 0.411 e. The Kier molecular flexibility index (Phi) is 20.7. The Labute approximate surface area is 185 Å². The van der Waals surface area contributed by atoms with Gasteiger partial charge in [-0.3, -0.25) is 9.69 Å². The van der Waals surface area contributed by atoms with Gasteiger partial charge in [-0.05, 0) is 44.5 Å². The van der Waals surface area contributed by atoms with E-state index in [1.165, 1.54) is 18.6 Å². The molecule has 0 unspecified atom stereocenters. The summed E-state index contributed by atoms with van der Waals surface area (Å²) >= 11 is 0. The van der Waals surface area contributed by atoms with Gasteiger partial charge in [0, 0.05) is 26.3 Å². The maximum atomic E-state index is 14.3. The van der Waals surface area contributed by atoms with Crippen LogP contribution in [0.25, 0.3) is 0 Å². The van der Waals surface area contributed by atoms with Crippen LogP contribution >= 0.6 is 0 Å². The van der Waals surface area contributed by atoms with Crippen molar-refractivity contribution in [1.82, 2.24) is 10.6 Å². The molecule has 1 fully saturated rings. The number of ether oxygens (including phenoxy) is 1. The number of carbonyl (C=O) groups excluding carboxylic acids is 1. The topological polar surface area (TPSA) is 111 Å². The Morgan fingerprint density at radius 2 is 1.87 bits per heavy atom. The lowest BCUT2D eigenvalue weighted by Gasteiger charge is -2.25. The van der Waals surface area contributed by atoms with E-state index in [0.29, 0.717) is 19.4 Å². The third-order valence-corrected chi connectivity index (χ3v) is 3.82. The van der Waals surface area contributed by atoms with Crippen molar-refractivity contribution in [1.29, 1.82) is 0 Å². The first kappa shape index (κ1) is 30.8. The van der Waals surface area contributed by atoms with Gasteiger partial charge in [-0.15, -0.1) is 0 Å². The minimum Gasteiger partial charge on any atom is -0.487 e. The van der Waals surface area contributed by atoms with Crippen molar-refractivity contribution in [2.45, 2.75) is 59.5 Å². The van der Waals surface area contributed by atoms with E-state index < -0.39 is 11.9 Å². The van der Waals surface area contributed by atoms with Crippen molar-refractivity contribution in [3.05, 3.63) is 24.0 Å². The van der Waals surface area contributed by atoms with Crippen LogP contribution in [0.1, 0.15) is 53.4 Å². The van der Waals surface area contributed by atoms with Crippen LogP contribution in [0.5, 0.6) is 5.75 Å². The molecule has 1 heterocycles. The fraction of sp³-hybridized carbons (Fsp3) is 0.636. The lowest BCUT2D eigenvalue weighted by atomic mass is 10.1. The van der Waals surface area contributed by atoms with Crippen LogP contribution in [0.2, 0.25) is 0 Å². The standard InChI is InChI=1S/C16H22FN3O4.C3H8.C2H6.CH4O/c17-14-10-12(20(16(22)23)9-1-6-19-11-21)2-3-15(14)24-13-4-7-18-8-5-13;1-3-2;2*1-2/h2-3,10-11,13,18H,1,4-9H2,(H,19,21)(H,22,23);3H2,1-2H3;1-2H3;2H,1H3. The predicted molar refractivity (Wildman–Crippen MR) is 122 cm³/mol. The molecule has 1 aliphatic heterocycles. The molecule has 8 nitrogen and oxygen atoms in total. The highest BCUT2D eigenvalue weighted by atomic mass is 19.1. The molecule has 2 rings (SSSR count). The summed E-state index contributed by atoms with van der Waals surface area (Å²) in [6, 6.07) is 4.16. The fourth-order valence-electron chi connectivity index (χ4n) is 2.58. The minimum absolute atomic E-state index is 0.0309. The number of hydrogen-bond donors (Lipinski definition) is 4. The van der Waals surface area contributed by atoms with Gasteiger partial charge in [0.2, 0.25) is 6.41 Å². The summed E-state index contributed by atoms with van der Waals surface area (Å²) in [4.78, 5) is 22.6. The SMILES string of the molecule is CC.CCC.CO.O=CNCCCN(C(=O)O)c1ccc(OC2CCNCC2)c(F)c1. The molecule has 9 heteroatoms. The molecule has 2 amide bonds. The molecule has 0 aromatic heterocycles. The Balaban J connectivity index is 0. The molecule has 1 aromatic rings. The number of piperidine rings is 1. The largest absolute Gasteiger partial charge is 0.487 e. The van der Waals surface area contributed by atoms with Crippen molar-refractivity contribution in [2.75, 3.05) is 38.2 Å². The Morgan fingerprint density at radius 1 is 1.29 bits per heavy atom. The van der Waals surface area contributed by atoms with E-state index in [0.717, 1.165) is 44.0 Å². The van der Waals surface area contributed by atoms with Crippen LogP contribution in [-0.2, 0) is 4.79 Å². The number of benzene rings is 1. The number of nitrogens with zero attached hydrogens (tertiary/aromatic N) is 1. The number of aliphatic hydroxyl groups is 1. The second kappa shape index (κ2) is 20.9. The average Bonchev–Trinajstić information content (AvgIpc) is 2.79. The monoisotopic (exact) mass is 445 g/mol. The molecule has 0 aliphatic carbocycles. The summed E-state index contributed by atoms with van der Waals surface area (Å²) in [5.41, 5.74) is 0.240. The second-order valence-electron chi connectivity index (χ2n) is 6.25. The van der Waals surface area contributed by atoms with Crippen LogP contribution in [0.4, 0.5) is 14.9 Å². The summed E-state index contributed by atoms with van der Waals surface area (Å²) in [5.74, 6) is -0.443. The molecule has 0 atom stereocenters. The van der Waals surface area contributed by atoms with E-state index in [9.17, 15) is 19.1 Å². The number of halogens is 1. The first-order chi connectivity index (χ1) is 15.0. The van der Waals surface area contributed by atoms with Gasteiger partial charge in [-0.1, -0.05) is 34.1 Å². The highest BCUT2D eigenvalue weighted by molar-refractivity contribution is 5.86. The molecule has 0 bridgehead atoms. The van der Waals surface area contributed by atoms with Gasteiger partial charge < -0.3 is 25.6 Å². The van der Waals surface area contributed by atoms with Gasteiger partial charge in [0.15, 0.2) is 11.6 Å². The molecule has 180 valence electrons. The summed E-state index contributed by atoms with van der Waals surface area (Å²) < 4.78 is 19.9. The zero-order chi connectivity index (χ0) is 24.1. The predicted octanol–water partition coefficient (Wildman–Crippen LogP) is 3.63. The van der Waals surface area contributed by atoms with E-state index in [1.807, 2.05) is 13.8 Å². The van der Waals surface area contributed by atoms with Gasteiger partial charge in [-0.2, -0.15) is 0 Å². The molecule has 4 N–H and O–H groups in total. The molecule has 1 aliphatic rings. The summed E-state index contributed by atoms with van der Waals surface area (Å²) in [6.45, 7) is 10.4. The lowest BCUT2D eigenvalue weighted by molar-refractivity contribution is -0.109. The molecule has 0 radical (unpaired) electrons. The van der Waals surface area contributed by atoms with Crippen LogP contribution in [0.3, 0.4) is 0 Å². The Bertz CT molecular complexity index is 584. The zero-order valence-corrected chi connectivity index (χ0v) is 19.5. The minimum atomic E-state index is -1.17. The lowest BCUT2D eigenvalue weighted by Crippen LogP contribution is -2.34. The number of carboxylic acid groups (broad SMARTS) is 1. The molecule has 31 heavy (non-hydrogen) atoms. The third-order valence-electron chi connectivity index (χ3n) is 3.82. The molecule has 1 aromatic carbocycles. The number of anilines is 1. The number of amides is 2. The number of hydrogen-bond acceptors (Lipinski definition) is 5. The molecular formula is C22H40FN3O5. The molecular weight excluding hydrogens is 405 g/mol.